The molecule has 0 aliphatic carbocycles. The van der Waals surface area contributed by atoms with E-state index in [1.165, 1.54) is 7.11 Å². The Morgan fingerprint density at radius 1 is 1.50 bits per heavy atom. The fourth-order valence-electron chi connectivity index (χ4n) is 1.35. The molecule has 0 aliphatic heterocycles. The van der Waals surface area contributed by atoms with Crippen molar-refractivity contribution >= 4 is 5.97 Å². The van der Waals surface area contributed by atoms with E-state index in [4.69, 9.17) is 10.5 Å². The average molecular weight is 193 g/mol. The molecule has 0 aliphatic rings. The first-order valence-corrected chi connectivity index (χ1v) is 4.58. The van der Waals surface area contributed by atoms with E-state index in [1.54, 1.807) is 6.07 Å². The quantitative estimate of drug-likeness (QED) is 0.741. The molecule has 0 spiro atoms. The molecule has 3 nitrogen and oxygen atoms in total. The Kier molecular flexibility index (Phi) is 3.65. The summed E-state index contributed by atoms with van der Waals surface area (Å²) in [6.07, 6.45) is 0. The number of carbonyl (C=O) groups is 1. The van der Waals surface area contributed by atoms with E-state index >= 15 is 0 Å². The van der Waals surface area contributed by atoms with E-state index < -0.39 is 0 Å². The molecule has 0 saturated carbocycles. The molecule has 1 rings (SSSR count). The molecule has 76 valence electrons. The lowest BCUT2D eigenvalue weighted by Gasteiger charge is -2.12. The van der Waals surface area contributed by atoms with Crippen molar-refractivity contribution in [1.82, 2.24) is 0 Å². The van der Waals surface area contributed by atoms with Crippen LogP contribution in [0.1, 0.15) is 28.8 Å². The highest BCUT2D eigenvalue weighted by atomic mass is 16.5. The molecular formula is C11H15NO2. The van der Waals surface area contributed by atoms with Gasteiger partial charge >= 0.3 is 5.97 Å². The molecule has 0 bridgehead atoms. The number of methoxy groups -OCH3 is 1. The Bertz CT molecular complexity index is 323. The van der Waals surface area contributed by atoms with Crippen molar-refractivity contribution in [3.05, 3.63) is 35.4 Å². The number of nitrogens with two attached hydrogens (primary N) is 1. The summed E-state index contributed by atoms with van der Waals surface area (Å²) in [6.45, 7) is 2.51. The Labute approximate surface area is 83.9 Å². The second-order valence-electron chi connectivity index (χ2n) is 3.22. The zero-order chi connectivity index (χ0) is 10.6. The normalized spacial score (nSPS) is 12.2. The Hall–Kier alpha value is -1.35. The van der Waals surface area contributed by atoms with Gasteiger partial charge in [-0.15, -0.1) is 0 Å². The third-order valence-electron chi connectivity index (χ3n) is 2.25. The molecule has 0 heterocycles. The summed E-state index contributed by atoms with van der Waals surface area (Å²) in [5.74, 6) is -0.133. The van der Waals surface area contributed by atoms with Gasteiger partial charge in [-0.1, -0.05) is 25.1 Å². The molecule has 1 aromatic rings. The van der Waals surface area contributed by atoms with Crippen LogP contribution in [-0.2, 0) is 4.74 Å². The summed E-state index contributed by atoms with van der Waals surface area (Å²) in [4.78, 5) is 11.4. The first kappa shape index (κ1) is 10.7. The van der Waals surface area contributed by atoms with Crippen molar-refractivity contribution in [3.63, 3.8) is 0 Å². The highest BCUT2D eigenvalue weighted by Crippen LogP contribution is 2.19. The molecule has 0 radical (unpaired) electrons. The number of carbonyl (C=O) groups excluding carboxylic acids is 1. The molecule has 1 unspecified atom stereocenters. The number of rotatable bonds is 3. The standard InChI is InChI=1S/C11H15NO2/c1-8(7-12)9-5-3-4-6-10(9)11(13)14-2/h3-6,8H,7,12H2,1-2H3. The zero-order valence-corrected chi connectivity index (χ0v) is 8.49. The maximum atomic E-state index is 11.4. The van der Waals surface area contributed by atoms with Gasteiger partial charge in [0.2, 0.25) is 0 Å². The van der Waals surface area contributed by atoms with Gasteiger partial charge < -0.3 is 10.5 Å². The fraction of sp³-hybridized carbons (Fsp3) is 0.364. The second kappa shape index (κ2) is 4.77. The van der Waals surface area contributed by atoms with Crippen LogP contribution >= 0.6 is 0 Å². The van der Waals surface area contributed by atoms with Crippen LogP contribution in [0.5, 0.6) is 0 Å². The summed E-state index contributed by atoms with van der Waals surface area (Å²) in [5.41, 5.74) is 7.11. The molecule has 0 saturated heterocycles. The number of ether oxygens (including phenoxy) is 1. The molecule has 1 atom stereocenters. The lowest BCUT2D eigenvalue weighted by atomic mass is 9.96. The summed E-state index contributed by atoms with van der Waals surface area (Å²) >= 11 is 0. The van der Waals surface area contributed by atoms with Crippen LogP contribution in [0.3, 0.4) is 0 Å². The van der Waals surface area contributed by atoms with Crippen LogP contribution in [0, 0.1) is 0 Å². The zero-order valence-electron chi connectivity index (χ0n) is 8.49. The third-order valence-corrected chi connectivity index (χ3v) is 2.25. The minimum atomic E-state index is -0.305. The maximum Gasteiger partial charge on any atom is 0.338 e. The second-order valence-corrected chi connectivity index (χ2v) is 3.22. The monoisotopic (exact) mass is 193 g/mol. The largest absolute Gasteiger partial charge is 0.465 e. The van der Waals surface area contributed by atoms with Crippen LogP contribution in [-0.4, -0.2) is 19.6 Å². The molecule has 3 heteroatoms. The Morgan fingerprint density at radius 2 is 2.14 bits per heavy atom. The van der Waals surface area contributed by atoms with Crippen LogP contribution in [0.15, 0.2) is 24.3 Å². The van der Waals surface area contributed by atoms with Gasteiger partial charge in [0.15, 0.2) is 0 Å². The van der Waals surface area contributed by atoms with Crippen molar-refractivity contribution < 1.29 is 9.53 Å². The molecule has 2 N–H and O–H groups in total. The van der Waals surface area contributed by atoms with Gasteiger partial charge in [0.1, 0.15) is 0 Å². The minimum Gasteiger partial charge on any atom is -0.465 e. The summed E-state index contributed by atoms with van der Waals surface area (Å²) in [5, 5.41) is 0. The molecular weight excluding hydrogens is 178 g/mol. The lowest BCUT2D eigenvalue weighted by Crippen LogP contribution is -2.14. The van der Waals surface area contributed by atoms with Crippen LogP contribution < -0.4 is 5.73 Å². The Morgan fingerprint density at radius 3 is 2.71 bits per heavy atom. The highest BCUT2D eigenvalue weighted by Gasteiger charge is 2.14. The minimum absolute atomic E-state index is 0.172. The van der Waals surface area contributed by atoms with Crippen LogP contribution in [0.25, 0.3) is 0 Å². The van der Waals surface area contributed by atoms with Gasteiger partial charge in [0.25, 0.3) is 0 Å². The third kappa shape index (κ3) is 2.12. The van der Waals surface area contributed by atoms with Crippen molar-refractivity contribution in [2.75, 3.05) is 13.7 Å². The lowest BCUT2D eigenvalue weighted by molar-refractivity contribution is 0.0599. The first-order chi connectivity index (χ1) is 6.70. The Balaban J connectivity index is 3.09. The smallest absolute Gasteiger partial charge is 0.338 e. The summed E-state index contributed by atoms with van der Waals surface area (Å²) < 4.78 is 4.69. The molecule has 14 heavy (non-hydrogen) atoms. The molecule has 0 aromatic heterocycles. The van der Waals surface area contributed by atoms with Gasteiger partial charge in [-0.3, -0.25) is 0 Å². The van der Waals surface area contributed by atoms with E-state index in [-0.39, 0.29) is 11.9 Å². The van der Waals surface area contributed by atoms with Gasteiger partial charge in [-0.25, -0.2) is 4.79 Å². The van der Waals surface area contributed by atoms with Crippen molar-refractivity contribution in [2.24, 2.45) is 5.73 Å². The van der Waals surface area contributed by atoms with Gasteiger partial charge in [-0.05, 0) is 24.1 Å². The number of benzene rings is 1. The highest BCUT2D eigenvalue weighted by molar-refractivity contribution is 5.91. The van der Waals surface area contributed by atoms with E-state index in [0.29, 0.717) is 12.1 Å². The van der Waals surface area contributed by atoms with Crippen LogP contribution in [0.4, 0.5) is 0 Å². The number of hydrogen-bond donors (Lipinski definition) is 1. The van der Waals surface area contributed by atoms with E-state index in [1.807, 2.05) is 25.1 Å². The van der Waals surface area contributed by atoms with E-state index in [0.717, 1.165) is 5.56 Å². The summed E-state index contributed by atoms with van der Waals surface area (Å²) in [6, 6.07) is 7.38. The molecule has 0 fully saturated rings. The van der Waals surface area contributed by atoms with Gasteiger partial charge in [0, 0.05) is 0 Å². The van der Waals surface area contributed by atoms with Crippen molar-refractivity contribution in [2.45, 2.75) is 12.8 Å². The molecule has 0 amide bonds. The van der Waals surface area contributed by atoms with Crippen LogP contribution in [0.2, 0.25) is 0 Å². The SMILES string of the molecule is COC(=O)c1ccccc1C(C)CN. The maximum absolute atomic E-state index is 11.4. The van der Waals surface area contributed by atoms with Gasteiger partial charge in [0.05, 0.1) is 12.7 Å². The van der Waals surface area contributed by atoms with Crippen molar-refractivity contribution in [3.8, 4) is 0 Å². The first-order valence-electron chi connectivity index (χ1n) is 4.58. The van der Waals surface area contributed by atoms with Gasteiger partial charge in [-0.2, -0.15) is 0 Å². The fourth-order valence-corrected chi connectivity index (χ4v) is 1.35. The van der Waals surface area contributed by atoms with Crippen molar-refractivity contribution in [1.29, 1.82) is 0 Å². The predicted octanol–water partition coefficient (Wildman–Crippen LogP) is 1.54. The molecule has 1 aromatic carbocycles. The number of esters is 1. The predicted molar refractivity (Wildman–Crippen MR) is 55.3 cm³/mol. The topological polar surface area (TPSA) is 52.3 Å². The average Bonchev–Trinajstić information content (AvgIpc) is 2.27. The summed E-state index contributed by atoms with van der Waals surface area (Å²) in [7, 11) is 1.38. The van der Waals surface area contributed by atoms with E-state index in [2.05, 4.69) is 0 Å². The van der Waals surface area contributed by atoms with E-state index in [9.17, 15) is 4.79 Å². The number of hydrogen-bond acceptors (Lipinski definition) is 3.